The number of hydrogen-bond acceptors (Lipinski definition) is 3. The Hall–Kier alpha value is -2.14. The average Bonchev–Trinajstić information content (AvgIpc) is 3.01. The van der Waals surface area contributed by atoms with Gasteiger partial charge in [0.2, 0.25) is 5.91 Å². The van der Waals surface area contributed by atoms with Gasteiger partial charge in [0.05, 0.1) is 0 Å². The van der Waals surface area contributed by atoms with Crippen molar-refractivity contribution in [1.82, 2.24) is 5.32 Å². The molecule has 116 valence electrons. The van der Waals surface area contributed by atoms with E-state index in [0.717, 1.165) is 11.3 Å². The molecule has 1 aromatic carbocycles. The number of hydrogen-bond donors (Lipinski definition) is 2. The van der Waals surface area contributed by atoms with Gasteiger partial charge in [-0.05, 0) is 29.0 Å². The Balaban J connectivity index is 1.82. The number of rotatable bonds is 6. The summed E-state index contributed by atoms with van der Waals surface area (Å²) in [6.45, 7) is 4.50. The molecule has 22 heavy (non-hydrogen) atoms. The molecule has 1 heterocycles. The molecule has 0 saturated heterocycles. The monoisotopic (exact) mass is 316 g/mol. The SMILES string of the molecule is CC(C)c1ccccc1NC(=O)CCNC(=O)c1ccsc1. The van der Waals surface area contributed by atoms with Crippen molar-refractivity contribution >= 4 is 28.8 Å². The standard InChI is InChI=1S/C17H20N2O2S/c1-12(2)14-5-3-4-6-15(14)19-16(20)7-9-18-17(21)13-8-10-22-11-13/h3-6,8,10-12H,7,9H2,1-2H3,(H,18,21)(H,19,20). The summed E-state index contributed by atoms with van der Waals surface area (Å²) in [6, 6.07) is 9.54. The first-order valence-electron chi connectivity index (χ1n) is 7.27. The fourth-order valence-electron chi connectivity index (χ4n) is 2.11. The predicted octanol–water partition coefficient (Wildman–Crippen LogP) is 3.63. The molecule has 2 N–H and O–H groups in total. The van der Waals surface area contributed by atoms with Crippen LogP contribution >= 0.6 is 11.3 Å². The largest absolute Gasteiger partial charge is 0.351 e. The highest BCUT2D eigenvalue weighted by molar-refractivity contribution is 7.08. The Labute approximate surface area is 134 Å². The van der Waals surface area contributed by atoms with Crippen LogP contribution in [0.25, 0.3) is 0 Å². The molecular formula is C17H20N2O2S. The van der Waals surface area contributed by atoms with Crippen molar-refractivity contribution in [2.24, 2.45) is 0 Å². The molecule has 0 unspecified atom stereocenters. The van der Waals surface area contributed by atoms with Crippen LogP contribution in [0.15, 0.2) is 41.1 Å². The van der Waals surface area contributed by atoms with Gasteiger partial charge in [-0.3, -0.25) is 9.59 Å². The molecule has 2 aromatic rings. The summed E-state index contributed by atoms with van der Waals surface area (Å²) < 4.78 is 0. The van der Waals surface area contributed by atoms with Crippen molar-refractivity contribution in [3.05, 3.63) is 52.2 Å². The zero-order chi connectivity index (χ0) is 15.9. The van der Waals surface area contributed by atoms with Crippen LogP contribution in [-0.2, 0) is 4.79 Å². The summed E-state index contributed by atoms with van der Waals surface area (Å²) in [4.78, 5) is 23.7. The second kappa shape index (κ2) is 7.75. The minimum atomic E-state index is -0.142. The fourth-order valence-corrected chi connectivity index (χ4v) is 2.75. The maximum atomic E-state index is 12.0. The van der Waals surface area contributed by atoms with E-state index in [4.69, 9.17) is 0 Å². The Morgan fingerprint density at radius 2 is 1.95 bits per heavy atom. The topological polar surface area (TPSA) is 58.2 Å². The van der Waals surface area contributed by atoms with Gasteiger partial charge >= 0.3 is 0 Å². The lowest BCUT2D eigenvalue weighted by molar-refractivity contribution is -0.116. The molecule has 2 rings (SSSR count). The number of thiophene rings is 1. The summed E-state index contributed by atoms with van der Waals surface area (Å²) in [7, 11) is 0. The molecule has 0 aliphatic heterocycles. The van der Waals surface area contributed by atoms with Gasteiger partial charge in [-0.15, -0.1) is 0 Å². The first-order chi connectivity index (χ1) is 10.6. The maximum Gasteiger partial charge on any atom is 0.252 e. The second-order valence-corrected chi connectivity index (χ2v) is 6.09. The van der Waals surface area contributed by atoms with Crippen LogP contribution in [0.5, 0.6) is 0 Å². The van der Waals surface area contributed by atoms with Crippen molar-refractivity contribution in [2.75, 3.05) is 11.9 Å². The van der Waals surface area contributed by atoms with E-state index < -0.39 is 0 Å². The lowest BCUT2D eigenvalue weighted by atomic mass is 10.0. The van der Waals surface area contributed by atoms with Crippen LogP contribution in [-0.4, -0.2) is 18.4 Å². The van der Waals surface area contributed by atoms with E-state index in [9.17, 15) is 9.59 Å². The minimum absolute atomic E-state index is 0.0984. The number of para-hydroxylation sites is 1. The van der Waals surface area contributed by atoms with E-state index >= 15 is 0 Å². The zero-order valence-corrected chi connectivity index (χ0v) is 13.6. The normalized spacial score (nSPS) is 10.5. The number of benzene rings is 1. The highest BCUT2D eigenvalue weighted by Gasteiger charge is 2.10. The van der Waals surface area contributed by atoms with Gasteiger partial charge in [0.25, 0.3) is 5.91 Å². The van der Waals surface area contributed by atoms with Gasteiger partial charge in [0, 0.05) is 29.6 Å². The van der Waals surface area contributed by atoms with Gasteiger partial charge in [-0.25, -0.2) is 0 Å². The molecule has 4 nitrogen and oxygen atoms in total. The first-order valence-corrected chi connectivity index (χ1v) is 8.21. The van der Waals surface area contributed by atoms with Gasteiger partial charge in [0.1, 0.15) is 0 Å². The van der Waals surface area contributed by atoms with Crippen LogP contribution < -0.4 is 10.6 Å². The van der Waals surface area contributed by atoms with E-state index in [1.54, 1.807) is 11.4 Å². The summed E-state index contributed by atoms with van der Waals surface area (Å²) >= 11 is 1.47. The molecule has 0 bridgehead atoms. The number of carbonyl (C=O) groups excluding carboxylic acids is 2. The first kappa shape index (κ1) is 16.2. The maximum absolute atomic E-state index is 12.0. The average molecular weight is 316 g/mol. The molecule has 0 spiro atoms. The van der Waals surface area contributed by atoms with E-state index in [1.165, 1.54) is 11.3 Å². The van der Waals surface area contributed by atoms with Crippen molar-refractivity contribution in [3.8, 4) is 0 Å². The lowest BCUT2D eigenvalue weighted by Crippen LogP contribution is -2.27. The van der Waals surface area contributed by atoms with Crippen molar-refractivity contribution in [2.45, 2.75) is 26.2 Å². The molecule has 0 aliphatic carbocycles. The smallest absolute Gasteiger partial charge is 0.252 e. The van der Waals surface area contributed by atoms with E-state index in [0.29, 0.717) is 18.0 Å². The Morgan fingerprint density at radius 1 is 1.18 bits per heavy atom. The van der Waals surface area contributed by atoms with Gasteiger partial charge in [-0.1, -0.05) is 32.0 Å². The summed E-state index contributed by atoms with van der Waals surface area (Å²) in [5, 5.41) is 9.30. The summed E-state index contributed by atoms with van der Waals surface area (Å²) in [5.74, 6) is 0.102. The lowest BCUT2D eigenvalue weighted by Gasteiger charge is -2.13. The van der Waals surface area contributed by atoms with Crippen LogP contribution in [0.1, 0.15) is 42.1 Å². The molecule has 5 heteroatoms. The van der Waals surface area contributed by atoms with E-state index in [2.05, 4.69) is 24.5 Å². The fraction of sp³-hybridized carbons (Fsp3) is 0.294. The van der Waals surface area contributed by atoms with Crippen LogP contribution in [0, 0.1) is 0 Å². The molecule has 2 amide bonds. The molecule has 0 aliphatic rings. The Morgan fingerprint density at radius 3 is 2.64 bits per heavy atom. The third-order valence-corrected chi connectivity index (χ3v) is 3.96. The Kier molecular flexibility index (Phi) is 5.72. The zero-order valence-electron chi connectivity index (χ0n) is 12.8. The van der Waals surface area contributed by atoms with Crippen LogP contribution in [0.2, 0.25) is 0 Å². The molecule has 1 aromatic heterocycles. The number of nitrogens with one attached hydrogen (secondary N) is 2. The summed E-state index contributed by atoms with van der Waals surface area (Å²) in [5.41, 5.74) is 2.58. The molecule has 0 atom stereocenters. The van der Waals surface area contributed by atoms with Gasteiger partial charge < -0.3 is 10.6 Å². The van der Waals surface area contributed by atoms with Crippen LogP contribution in [0.3, 0.4) is 0 Å². The van der Waals surface area contributed by atoms with Gasteiger partial charge in [-0.2, -0.15) is 11.3 Å². The van der Waals surface area contributed by atoms with Crippen molar-refractivity contribution < 1.29 is 9.59 Å². The molecule has 0 fully saturated rings. The van der Waals surface area contributed by atoms with Crippen molar-refractivity contribution in [1.29, 1.82) is 0 Å². The Bertz CT molecular complexity index is 636. The molecule has 0 radical (unpaired) electrons. The molecule has 0 saturated carbocycles. The number of amides is 2. The van der Waals surface area contributed by atoms with Gasteiger partial charge in [0.15, 0.2) is 0 Å². The highest BCUT2D eigenvalue weighted by Crippen LogP contribution is 2.23. The number of anilines is 1. The summed E-state index contributed by atoms with van der Waals surface area (Å²) in [6.07, 6.45) is 0.252. The molecular weight excluding hydrogens is 296 g/mol. The van der Waals surface area contributed by atoms with E-state index in [-0.39, 0.29) is 18.2 Å². The van der Waals surface area contributed by atoms with Crippen LogP contribution in [0.4, 0.5) is 5.69 Å². The third kappa shape index (κ3) is 4.43. The number of carbonyl (C=O) groups is 2. The quantitative estimate of drug-likeness (QED) is 0.855. The highest BCUT2D eigenvalue weighted by atomic mass is 32.1. The van der Waals surface area contributed by atoms with E-state index in [1.807, 2.05) is 29.6 Å². The minimum Gasteiger partial charge on any atom is -0.351 e. The second-order valence-electron chi connectivity index (χ2n) is 5.31. The predicted molar refractivity (Wildman–Crippen MR) is 90.4 cm³/mol. The van der Waals surface area contributed by atoms with Crippen molar-refractivity contribution in [3.63, 3.8) is 0 Å². The third-order valence-electron chi connectivity index (χ3n) is 3.28.